The van der Waals surface area contributed by atoms with Crippen LogP contribution in [0.4, 0.5) is 5.69 Å². The number of carbonyl (C=O) groups is 1. The van der Waals surface area contributed by atoms with E-state index in [1.54, 1.807) is 0 Å². The van der Waals surface area contributed by atoms with E-state index in [0.717, 1.165) is 37.9 Å². The highest BCUT2D eigenvalue weighted by atomic mass is 79.9. The van der Waals surface area contributed by atoms with Crippen molar-refractivity contribution in [2.75, 3.05) is 4.90 Å². The van der Waals surface area contributed by atoms with Crippen LogP contribution in [0.2, 0.25) is 0 Å². The third kappa shape index (κ3) is 1.43. The molecule has 1 unspecified atom stereocenters. The number of anilines is 1. The van der Waals surface area contributed by atoms with Crippen molar-refractivity contribution in [3.63, 3.8) is 0 Å². The van der Waals surface area contributed by atoms with Gasteiger partial charge in [0.25, 0.3) is 0 Å². The number of rotatable bonds is 0. The van der Waals surface area contributed by atoms with Gasteiger partial charge in [-0.25, -0.2) is 0 Å². The molecule has 0 bridgehead atoms. The van der Waals surface area contributed by atoms with Gasteiger partial charge in [-0.1, -0.05) is 34.1 Å². The summed E-state index contributed by atoms with van der Waals surface area (Å²) in [5.74, 6) is 0.159. The SMILES string of the molecule is O=C1c2ccccc2N2C=Cc3c([nH]c4cc(Br)ccc34)C12. The van der Waals surface area contributed by atoms with Crippen molar-refractivity contribution in [1.29, 1.82) is 0 Å². The number of H-pyrrole nitrogens is 1. The number of aromatic nitrogens is 1. The number of Topliss-reactive ketones (excluding diaryl/α,β-unsaturated/α-hetero) is 1. The largest absolute Gasteiger partial charge is 0.356 e. The van der Waals surface area contributed by atoms with Crippen LogP contribution in [0, 0.1) is 0 Å². The summed E-state index contributed by atoms with van der Waals surface area (Å²) in [6.07, 6.45) is 4.11. The molecule has 3 aromatic rings. The molecule has 0 aliphatic carbocycles. The lowest BCUT2D eigenvalue weighted by atomic mass is 9.99. The van der Waals surface area contributed by atoms with Crippen molar-refractivity contribution in [2.24, 2.45) is 0 Å². The zero-order chi connectivity index (χ0) is 14.8. The lowest BCUT2D eigenvalue weighted by molar-refractivity contribution is 0.0972. The lowest BCUT2D eigenvalue weighted by Gasteiger charge is -2.25. The van der Waals surface area contributed by atoms with Gasteiger partial charge in [-0.05, 0) is 30.3 Å². The van der Waals surface area contributed by atoms with Gasteiger partial charge in [0.05, 0.1) is 11.4 Å². The molecule has 0 saturated carbocycles. The van der Waals surface area contributed by atoms with Gasteiger partial charge in [-0.15, -0.1) is 0 Å². The minimum atomic E-state index is -0.274. The Morgan fingerprint density at radius 3 is 2.91 bits per heavy atom. The standard InChI is InChI=1S/C18H11BrN2O/c19-10-5-6-11-12-7-8-21-15-4-2-1-3-13(15)18(22)17(21)16(12)20-14(11)9-10/h1-9,17,20H. The zero-order valence-corrected chi connectivity index (χ0v) is 13.1. The number of nitrogens with zero attached hydrogens (tertiary/aromatic N) is 1. The summed E-state index contributed by atoms with van der Waals surface area (Å²) < 4.78 is 1.03. The Morgan fingerprint density at radius 2 is 2.00 bits per heavy atom. The van der Waals surface area contributed by atoms with Crippen LogP contribution in [0.3, 0.4) is 0 Å². The molecule has 106 valence electrons. The molecule has 0 spiro atoms. The van der Waals surface area contributed by atoms with Gasteiger partial charge < -0.3 is 9.88 Å². The van der Waals surface area contributed by atoms with Crippen LogP contribution in [-0.4, -0.2) is 10.8 Å². The maximum Gasteiger partial charge on any atom is 0.193 e. The summed E-state index contributed by atoms with van der Waals surface area (Å²) in [6, 6.07) is 13.7. The highest BCUT2D eigenvalue weighted by Gasteiger charge is 2.40. The number of benzene rings is 2. The molecule has 0 fully saturated rings. The van der Waals surface area contributed by atoms with E-state index in [0.29, 0.717) is 0 Å². The maximum absolute atomic E-state index is 12.8. The van der Waals surface area contributed by atoms with Crippen LogP contribution < -0.4 is 4.90 Å². The number of carbonyl (C=O) groups excluding carboxylic acids is 1. The molecule has 3 heterocycles. The van der Waals surface area contributed by atoms with Crippen molar-refractivity contribution in [2.45, 2.75) is 6.04 Å². The molecule has 2 aliphatic heterocycles. The summed E-state index contributed by atoms with van der Waals surface area (Å²) in [5, 5.41) is 1.15. The first kappa shape index (κ1) is 12.2. The van der Waals surface area contributed by atoms with Gasteiger partial charge in [0.1, 0.15) is 6.04 Å². The van der Waals surface area contributed by atoms with Gasteiger partial charge >= 0.3 is 0 Å². The summed E-state index contributed by atoms with van der Waals surface area (Å²) >= 11 is 3.50. The zero-order valence-electron chi connectivity index (χ0n) is 11.5. The van der Waals surface area contributed by atoms with Crippen LogP contribution in [0.25, 0.3) is 17.0 Å². The number of hydrogen-bond donors (Lipinski definition) is 1. The van der Waals surface area contributed by atoms with Crippen molar-refractivity contribution in [3.8, 4) is 0 Å². The molecule has 2 aliphatic rings. The number of ketones is 1. The number of nitrogens with one attached hydrogen (secondary N) is 1. The second-order valence-electron chi connectivity index (χ2n) is 5.65. The average molecular weight is 351 g/mol. The van der Waals surface area contributed by atoms with E-state index in [1.165, 1.54) is 0 Å². The lowest BCUT2D eigenvalue weighted by Crippen LogP contribution is -2.25. The van der Waals surface area contributed by atoms with E-state index in [9.17, 15) is 4.79 Å². The Bertz CT molecular complexity index is 986. The van der Waals surface area contributed by atoms with E-state index in [1.807, 2.05) is 36.5 Å². The smallest absolute Gasteiger partial charge is 0.193 e. The quantitative estimate of drug-likeness (QED) is 0.640. The van der Waals surface area contributed by atoms with Gasteiger partial charge in [0, 0.05) is 32.7 Å². The fraction of sp³-hybridized carbons (Fsp3) is 0.0556. The van der Waals surface area contributed by atoms with Crippen LogP contribution in [0.5, 0.6) is 0 Å². The molecule has 1 atom stereocenters. The first-order valence-corrected chi connectivity index (χ1v) is 7.94. The van der Waals surface area contributed by atoms with Crippen LogP contribution in [0.15, 0.2) is 53.1 Å². The fourth-order valence-electron chi connectivity index (χ4n) is 3.52. The first-order chi connectivity index (χ1) is 10.7. The van der Waals surface area contributed by atoms with Crippen molar-refractivity contribution in [1.82, 2.24) is 4.98 Å². The summed E-state index contributed by atoms with van der Waals surface area (Å²) in [4.78, 5) is 18.3. The molecule has 5 rings (SSSR count). The summed E-state index contributed by atoms with van der Waals surface area (Å²) in [5.41, 5.74) is 4.93. The molecule has 3 nitrogen and oxygen atoms in total. The predicted molar refractivity (Wildman–Crippen MR) is 91.0 cm³/mol. The van der Waals surface area contributed by atoms with E-state index in [-0.39, 0.29) is 11.8 Å². The normalized spacial score (nSPS) is 18.5. The predicted octanol–water partition coefficient (Wildman–Crippen LogP) is 4.66. The van der Waals surface area contributed by atoms with Gasteiger partial charge in [-0.3, -0.25) is 4.79 Å². The van der Waals surface area contributed by atoms with E-state index < -0.39 is 0 Å². The van der Waals surface area contributed by atoms with Crippen molar-refractivity contribution >= 4 is 44.4 Å². The highest BCUT2D eigenvalue weighted by molar-refractivity contribution is 9.10. The number of fused-ring (bicyclic) bond motifs is 7. The van der Waals surface area contributed by atoms with Gasteiger partial charge in [0.15, 0.2) is 5.78 Å². The summed E-state index contributed by atoms with van der Waals surface area (Å²) in [6.45, 7) is 0. The molecule has 0 amide bonds. The van der Waals surface area contributed by atoms with E-state index in [2.05, 4.69) is 44.0 Å². The van der Waals surface area contributed by atoms with E-state index in [4.69, 9.17) is 0 Å². The second-order valence-corrected chi connectivity index (χ2v) is 6.56. The molecule has 1 aromatic heterocycles. The minimum absolute atomic E-state index is 0.159. The maximum atomic E-state index is 12.8. The second kappa shape index (κ2) is 4.11. The highest BCUT2D eigenvalue weighted by Crippen LogP contribution is 2.45. The minimum Gasteiger partial charge on any atom is -0.356 e. The Hall–Kier alpha value is -2.33. The first-order valence-electron chi connectivity index (χ1n) is 7.15. The molecule has 0 radical (unpaired) electrons. The molecule has 4 heteroatoms. The number of halogens is 1. The Morgan fingerprint density at radius 1 is 1.14 bits per heavy atom. The van der Waals surface area contributed by atoms with E-state index >= 15 is 0 Å². The third-order valence-corrected chi connectivity index (χ3v) is 4.97. The van der Waals surface area contributed by atoms with Crippen LogP contribution in [-0.2, 0) is 0 Å². The van der Waals surface area contributed by atoms with Crippen LogP contribution >= 0.6 is 15.9 Å². The molecular formula is C18H11BrN2O. The van der Waals surface area contributed by atoms with Gasteiger partial charge in [0.2, 0.25) is 0 Å². The van der Waals surface area contributed by atoms with Gasteiger partial charge in [-0.2, -0.15) is 0 Å². The fourth-order valence-corrected chi connectivity index (χ4v) is 3.88. The Kier molecular flexibility index (Phi) is 2.29. The summed E-state index contributed by atoms with van der Waals surface area (Å²) in [7, 11) is 0. The molecule has 0 saturated heterocycles. The Balaban J connectivity index is 1.78. The van der Waals surface area contributed by atoms with Crippen molar-refractivity contribution < 1.29 is 4.79 Å². The number of hydrogen-bond acceptors (Lipinski definition) is 2. The molecule has 22 heavy (non-hydrogen) atoms. The monoisotopic (exact) mass is 350 g/mol. The topological polar surface area (TPSA) is 36.1 Å². The molecular weight excluding hydrogens is 340 g/mol. The number of para-hydroxylation sites is 1. The Labute approximate surface area is 135 Å². The molecule has 2 aromatic carbocycles. The average Bonchev–Trinajstić information content (AvgIpc) is 3.03. The van der Waals surface area contributed by atoms with Crippen molar-refractivity contribution in [3.05, 3.63) is 70.0 Å². The number of aromatic amines is 1. The third-order valence-electron chi connectivity index (χ3n) is 4.48. The van der Waals surface area contributed by atoms with Crippen LogP contribution in [0.1, 0.15) is 27.7 Å². The molecule has 1 N–H and O–H groups in total.